The number of para-hydroxylation sites is 2. The van der Waals surface area contributed by atoms with Crippen LogP contribution in [0, 0.1) is 0 Å². The number of rotatable bonds is 7. The number of methoxy groups -OCH3 is 2. The highest BCUT2D eigenvalue weighted by Crippen LogP contribution is 2.36. The van der Waals surface area contributed by atoms with Crippen molar-refractivity contribution < 1.29 is 14.0 Å². The van der Waals surface area contributed by atoms with Crippen LogP contribution in [0.5, 0.6) is 11.5 Å². The van der Waals surface area contributed by atoms with Crippen molar-refractivity contribution in [3.63, 3.8) is 0 Å². The van der Waals surface area contributed by atoms with Gasteiger partial charge in [0, 0.05) is 11.9 Å². The molecule has 33 heavy (non-hydrogen) atoms. The van der Waals surface area contributed by atoms with Crippen LogP contribution in [0.1, 0.15) is 5.89 Å². The maximum atomic E-state index is 12.7. The van der Waals surface area contributed by atoms with E-state index in [1.54, 1.807) is 37.6 Å². The van der Waals surface area contributed by atoms with Gasteiger partial charge in [0.25, 0.3) is 5.78 Å². The van der Waals surface area contributed by atoms with Crippen LogP contribution in [-0.4, -0.2) is 43.5 Å². The molecule has 0 fully saturated rings. The van der Waals surface area contributed by atoms with Gasteiger partial charge in [0.05, 0.1) is 19.8 Å². The van der Waals surface area contributed by atoms with E-state index in [0.29, 0.717) is 28.7 Å². The van der Waals surface area contributed by atoms with Gasteiger partial charge in [-0.05, 0) is 30.3 Å². The lowest BCUT2D eigenvalue weighted by atomic mass is 10.1. The van der Waals surface area contributed by atoms with Gasteiger partial charge in [-0.3, -0.25) is 0 Å². The second-order valence-electron chi connectivity index (χ2n) is 6.97. The Morgan fingerprint density at radius 2 is 1.85 bits per heavy atom. The Hall–Kier alpha value is -4.67. The third-order valence-corrected chi connectivity index (χ3v) is 4.90. The first-order valence-corrected chi connectivity index (χ1v) is 9.98. The number of hydrogen-bond acceptors (Lipinski definition) is 9. The van der Waals surface area contributed by atoms with Crippen molar-refractivity contribution in [3.8, 4) is 22.9 Å². The topological polar surface area (TPSA) is 122 Å². The maximum Gasteiger partial charge on any atom is 0.352 e. The van der Waals surface area contributed by atoms with Crippen LogP contribution in [-0.2, 0) is 6.54 Å². The van der Waals surface area contributed by atoms with Crippen molar-refractivity contribution in [3.05, 3.63) is 77.2 Å². The molecule has 2 aromatic carbocycles. The average molecular weight is 445 g/mol. The molecule has 0 atom stereocenters. The number of hydrogen-bond donors (Lipinski definition) is 1. The van der Waals surface area contributed by atoms with Gasteiger partial charge in [0.1, 0.15) is 12.4 Å². The van der Waals surface area contributed by atoms with Gasteiger partial charge in [0.2, 0.25) is 11.7 Å². The molecular formula is C22H19N7O4. The van der Waals surface area contributed by atoms with Crippen LogP contribution in [0.15, 0.2) is 70.1 Å². The minimum absolute atomic E-state index is 0.0110. The standard InChI is InChI=1S/C22H19N7O4/c1-31-16-10-6-9-15(19(16)32-2)20-25-18(33-27-20)13-29-22(30)28-12-11-17(24-21(28)26-29)23-14-7-4-3-5-8-14/h3-12H,13H2,1-2H3,(H,23,24,26). The number of fused-ring (bicyclic) bond motifs is 1. The van der Waals surface area contributed by atoms with E-state index in [0.717, 1.165) is 5.69 Å². The Morgan fingerprint density at radius 1 is 1.00 bits per heavy atom. The molecule has 11 heteroatoms. The number of ether oxygens (including phenoxy) is 2. The second-order valence-corrected chi connectivity index (χ2v) is 6.97. The van der Waals surface area contributed by atoms with E-state index < -0.39 is 0 Å². The van der Waals surface area contributed by atoms with Crippen LogP contribution in [0.3, 0.4) is 0 Å². The summed E-state index contributed by atoms with van der Waals surface area (Å²) in [5.74, 6) is 2.36. The van der Waals surface area contributed by atoms with Gasteiger partial charge in [-0.15, -0.1) is 5.10 Å². The molecule has 0 bridgehead atoms. The summed E-state index contributed by atoms with van der Waals surface area (Å²) >= 11 is 0. The Labute approximate surface area is 187 Å². The molecule has 0 amide bonds. The Bertz CT molecular complexity index is 1470. The summed E-state index contributed by atoms with van der Waals surface area (Å²) in [5, 5.41) is 11.5. The lowest BCUT2D eigenvalue weighted by Crippen LogP contribution is -2.21. The molecule has 0 aliphatic carbocycles. The Morgan fingerprint density at radius 3 is 2.64 bits per heavy atom. The van der Waals surface area contributed by atoms with Crippen molar-refractivity contribution in [1.29, 1.82) is 0 Å². The van der Waals surface area contributed by atoms with Crippen molar-refractivity contribution in [2.75, 3.05) is 19.5 Å². The lowest BCUT2D eigenvalue weighted by molar-refractivity contribution is 0.354. The fourth-order valence-corrected chi connectivity index (χ4v) is 3.37. The quantitative estimate of drug-likeness (QED) is 0.403. The molecule has 0 unspecified atom stereocenters. The molecule has 3 heterocycles. The minimum atomic E-state index is -0.373. The van der Waals surface area contributed by atoms with E-state index in [1.807, 2.05) is 30.3 Å². The van der Waals surface area contributed by atoms with Gasteiger partial charge in [0.15, 0.2) is 11.5 Å². The van der Waals surface area contributed by atoms with E-state index in [2.05, 4.69) is 25.5 Å². The van der Waals surface area contributed by atoms with E-state index >= 15 is 0 Å². The second kappa shape index (κ2) is 8.46. The molecule has 0 spiro atoms. The summed E-state index contributed by atoms with van der Waals surface area (Å²) in [5.41, 5.74) is 1.11. The van der Waals surface area contributed by atoms with Gasteiger partial charge >= 0.3 is 5.69 Å². The predicted octanol–water partition coefficient (Wildman–Crippen LogP) is 2.75. The van der Waals surface area contributed by atoms with Crippen LogP contribution in [0.25, 0.3) is 17.2 Å². The Kier molecular flexibility index (Phi) is 5.19. The normalized spacial score (nSPS) is 11.0. The smallest absolute Gasteiger partial charge is 0.352 e. The summed E-state index contributed by atoms with van der Waals surface area (Å²) in [6, 6.07) is 16.7. The zero-order chi connectivity index (χ0) is 22.8. The van der Waals surface area contributed by atoms with E-state index in [4.69, 9.17) is 14.0 Å². The van der Waals surface area contributed by atoms with Crippen LogP contribution < -0.4 is 20.5 Å². The summed E-state index contributed by atoms with van der Waals surface area (Å²) < 4.78 is 18.7. The van der Waals surface area contributed by atoms with E-state index in [1.165, 1.54) is 16.2 Å². The molecule has 5 aromatic rings. The first kappa shape index (κ1) is 20.2. The van der Waals surface area contributed by atoms with E-state index in [9.17, 15) is 4.79 Å². The number of aromatic nitrogens is 6. The molecule has 0 saturated heterocycles. The van der Waals surface area contributed by atoms with Crippen molar-refractivity contribution in [2.24, 2.45) is 0 Å². The number of anilines is 2. The first-order chi connectivity index (χ1) is 16.2. The summed E-state index contributed by atoms with van der Waals surface area (Å²) in [7, 11) is 3.08. The van der Waals surface area contributed by atoms with Gasteiger partial charge in [-0.1, -0.05) is 29.4 Å². The molecule has 0 aliphatic rings. The highest BCUT2D eigenvalue weighted by atomic mass is 16.5. The van der Waals surface area contributed by atoms with Crippen molar-refractivity contribution in [2.45, 2.75) is 6.54 Å². The third kappa shape index (κ3) is 3.87. The zero-order valence-corrected chi connectivity index (χ0v) is 17.8. The molecule has 11 nitrogen and oxygen atoms in total. The lowest BCUT2D eigenvalue weighted by Gasteiger charge is -2.09. The van der Waals surface area contributed by atoms with Gasteiger partial charge in [-0.2, -0.15) is 9.97 Å². The monoisotopic (exact) mass is 445 g/mol. The maximum absolute atomic E-state index is 12.7. The highest BCUT2D eigenvalue weighted by Gasteiger charge is 2.18. The van der Waals surface area contributed by atoms with Crippen LogP contribution in [0.4, 0.5) is 11.5 Å². The summed E-state index contributed by atoms with van der Waals surface area (Å²) in [6.45, 7) is -0.0110. The first-order valence-electron chi connectivity index (χ1n) is 9.98. The summed E-state index contributed by atoms with van der Waals surface area (Å²) in [4.78, 5) is 21.5. The fraction of sp³-hybridized carbons (Fsp3) is 0.136. The van der Waals surface area contributed by atoms with Crippen LogP contribution >= 0.6 is 0 Å². The van der Waals surface area contributed by atoms with Gasteiger partial charge in [-0.25, -0.2) is 13.9 Å². The van der Waals surface area contributed by atoms with Gasteiger partial charge < -0.3 is 19.3 Å². The molecule has 0 saturated carbocycles. The largest absolute Gasteiger partial charge is 0.493 e. The minimum Gasteiger partial charge on any atom is -0.493 e. The third-order valence-electron chi connectivity index (χ3n) is 4.90. The number of benzene rings is 2. The van der Waals surface area contributed by atoms with Crippen molar-refractivity contribution >= 4 is 17.3 Å². The average Bonchev–Trinajstić information content (AvgIpc) is 3.43. The molecule has 0 radical (unpaired) electrons. The van der Waals surface area contributed by atoms with E-state index in [-0.39, 0.29) is 23.9 Å². The summed E-state index contributed by atoms with van der Waals surface area (Å²) in [6.07, 6.45) is 1.61. The molecule has 1 N–H and O–H groups in total. The highest BCUT2D eigenvalue weighted by molar-refractivity contribution is 5.68. The SMILES string of the molecule is COc1cccc(-c2noc(Cn3nc4nc(Nc5ccccc5)ccn4c3=O)n2)c1OC. The number of nitrogens with one attached hydrogen (secondary N) is 1. The molecular weight excluding hydrogens is 426 g/mol. The molecule has 0 aliphatic heterocycles. The number of nitrogens with zero attached hydrogens (tertiary/aromatic N) is 6. The van der Waals surface area contributed by atoms with Crippen LogP contribution in [0.2, 0.25) is 0 Å². The Balaban J connectivity index is 1.42. The fourth-order valence-electron chi connectivity index (χ4n) is 3.37. The molecule has 3 aromatic heterocycles. The molecule has 5 rings (SSSR count). The zero-order valence-electron chi connectivity index (χ0n) is 17.8. The molecule has 166 valence electrons. The van der Waals surface area contributed by atoms with Crippen molar-refractivity contribution in [1.82, 2.24) is 29.3 Å². The predicted molar refractivity (Wildman–Crippen MR) is 119 cm³/mol.